The summed E-state index contributed by atoms with van der Waals surface area (Å²) in [4.78, 5) is 8.89. The third kappa shape index (κ3) is 2060. The zero-order valence-corrected chi connectivity index (χ0v) is 4.55. The second-order valence-electron chi connectivity index (χ2n) is 0.492. The first-order chi connectivity index (χ1) is 1.73. The fourth-order valence-corrected chi connectivity index (χ4v) is 0. The molecule has 0 aliphatic rings. The Morgan fingerprint density at radius 2 is 1.80 bits per heavy atom. The van der Waals surface area contributed by atoms with Gasteiger partial charge in [-0.2, -0.15) is 0 Å². The molecular formula is C2H4O2Ru. The Kier molecular flexibility index (Phi) is 7.30. The van der Waals surface area contributed by atoms with Crippen LogP contribution in [0.5, 0.6) is 0 Å². The summed E-state index contributed by atoms with van der Waals surface area (Å²) < 4.78 is 0. The maximum atomic E-state index is 8.89. The number of carboxylic acid groups (broad SMARTS) is 1. The van der Waals surface area contributed by atoms with Crippen molar-refractivity contribution in [3.8, 4) is 0 Å². The van der Waals surface area contributed by atoms with Crippen molar-refractivity contribution in [3.05, 3.63) is 0 Å². The molecule has 0 heterocycles. The molecule has 0 saturated heterocycles. The topological polar surface area (TPSA) is 40.1 Å². The number of aliphatic carboxylic acids is 1. The molecule has 0 aliphatic carbocycles. The molecule has 0 unspecified atom stereocenters. The van der Waals surface area contributed by atoms with Crippen LogP contribution in [-0.4, -0.2) is 5.97 Å². The van der Waals surface area contributed by atoms with Crippen LogP contribution in [0.2, 0.25) is 0 Å². The molecule has 0 fully saturated rings. The molecule has 0 aromatic carbocycles. The average Bonchev–Trinajstić information content (AvgIpc) is 0.811. The fraction of sp³-hybridized carbons (Fsp3) is 0.500. The van der Waals surface area contributed by atoms with E-state index in [4.69, 9.17) is 9.90 Å². The summed E-state index contributed by atoms with van der Waals surface area (Å²) in [5.41, 5.74) is 0. The number of carbonyl (C=O) groups excluding carboxylic acids is 1. The van der Waals surface area contributed by atoms with Crippen LogP contribution < -0.4 is 5.11 Å². The summed E-state index contributed by atoms with van der Waals surface area (Å²) in [6, 6.07) is 0. The molecule has 0 amide bonds. The van der Waals surface area contributed by atoms with E-state index in [1.165, 1.54) is 0 Å². The molecule has 2 nitrogen and oxygen atoms in total. The number of carbonyl (C=O) groups is 1. The first kappa shape index (κ1) is 8.92. The van der Waals surface area contributed by atoms with Crippen LogP contribution in [0.15, 0.2) is 0 Å². The fourth-order valence-electron chi connectivity index (χ4n) is 0. The van der Waals surface area contributed by atoms with Crippen LogP contribution >= 0.6 is 0 Å². The van der Waals surface area contributed by atoms with Crippen molar-refractivity contribution < 1.29 is 29.4 Å². The molecule has 0 aromatic heterocycles. The Morgan fingerprint density at radius 3 is 1.80 bits per heavy atom. The van der Waals surface area contributed by atoms with Crippen molar-refractivity contribution in [2.45, 2.75) is 6.92 Å². The van der Waals surface area contributed by atoms with Gasteiger partial charge in [0, 0.05) is 5.97 Å². The first-order valence-electron chi connectivity index (χ1n) is 0.908. The molecule has 0 aliphatic heterocycles. The van der Waals surface area contributed by atoms with Crippen LogP contribution in [0.25, 0.3) is 0 Å². The van der Waals surface area contributed by atoms with E-state index in [0.29, 0.717) is 0 Å². The van der Waals surface area contributed by atoms with E-state index in [-0.39, 0.29) is 19.5 Å². The van der Waals surface area contributed by atoms with Gasteiger partial charge < -0.3 is 9.90 Å². The molecule has 0 saturated carbocycles. The van der Waals surface area contributed by atoms with Gasteiger partial charge in [-0.15, -0.1) is 0 Å². The van der Waals surface area contributed by atoms with E-state index in [1.54, 1.807) is 0 Å². The van der Waals surface area contributed by atoms with E-state index in [2.05, 4.69) is 0 Å². The van der Waals surface area contributed by atoms with Gasteiger partial charge in [0.15, 0.2) is 0 Å². The Labute approximate surface area is 42.9 Å². The second kappa shape index (κ2) is 4.09. The van der Waals surface area contributed by atoms with Crippen LogP contribution in [-0.2, 0) is 24.3 Å². The van der Waals surface area contributed by atoms with Crippen LogP contribution in [0.3, 0.4) is 0 Å². The maximum absolute atomic E-state index is 8.89. The van der Waals surface area contributed by atoms with Crippen molar-refractivity contribution in [1.82, 2.24) is 0 Å². The van der Waals surface area contributed by atoms with E-state index in [9.17, 15) is 0 Å². The number of hydrogen-bond donors (Lipinski definition) is 0. The Morgan fingerprint density at radius 1 is 1.80 bits per heavy atom. The normalized spacial score (nSPS) is 5.00. The van der Waals surface area contributed by atoms with E-state index in [1.807, 2.05) is 0 Å². The van der Waals surface area contributed by atoms with Crippen molar-refractivity contribution >= 4 is 5.97 Å². The number of carboxylic acids is 1. The number of hydrogen-bond acceptors (Lipinski definition) is 2. The van der Waals surface area contributed by atoms with E-state index < -0.39 is 5.97 Å². The Hall–Kier alpha value is 0.0934. The van der Waals surface area contributed by atoms with Crippen LogP contribution in [0.4, 0.5) is 0 Å². The van der Waals surface area contributed by atoms with Gasteiger partial charge in [0.2, 0.25) is 0 Å². The predicted molar refractivity (Wildman–Crippen MR) is 12.1 cm³/mol. The number of rotatable bonds is 0. The summed E-state index contributed by atoms with van der Waals surface area (Å²) in [6.45, 7) is 0.972. The van der Waals surface area contributed by atoms with Crippen LogP contribution in [0.1, 0.15) is 6.92 Å². The van der Waals surface area contributed by atoms with E-state index in [0.717, 1.165) is 6.92 Å². The van der Waals surface area contributed by atoms with Gasteiger partial charge in [-0.1, -0.05) is 0 Å². The SMILES string of the molecule is CC(=O)[O-].[RuH+]. The molecule has 5 heavy (non-hydrogen) atoms. The van der Waals surface area contributed by atoms with Gasteiger partial charge in [0.25, 0.3) is 0 Å². The summed E-state index contributed by atoms with van der Waals surface area (Å²) in [5, 5.41) is 8.89. The molecule has 0 spiro atoms. The minimum absolute atomic E-state index is 0. The molecular weight excluding hydrogens is 157 g/mol. The van der Waals surface area contributed by atoms with Gasteiger partial charge in [-0.05, 0) is 6.92 Å². The summed E-state index contributed by atoms with van der Waals surface area (Å²) in [5.74, 6) is -1.08. The molecule has 0 atom stereocenters. The van der Waals surface area contributed by atoms with Gasteiger partial charge >= 0.3 is 19.5 Å². The van der Waals surface area contributed by atoms with Crippen molar-refractivity contribution in [2.24, 2.45) is 0 Å². The van der Waals surface area contributed by atoms with Gasteiger partial charge in [0.05, 0.1) is 0 Å². The Balaban J connectivity index is 0. The molecule has 32 valence electrons. The Bertz CT molecular complexity index is 30.6. The first-order valence-corrected chi connectivity index (χ1v) is 0.908. The second-order valence-corrected chi connectivity index (χ2v) is 0.492. The quantitative estimate of drug-likeness (QED) is 0.405. The minimum atomic E-state index is -1.08. The molecule has 3 heteroatoms. The predicted octanol–water partition coefficient (Wildman–Crippen LogP) is -1.51. The molecule has 0 aromatic rings. The van der Waals surface area contributed by atoms with Gasteiger partial charge in [-0.3, -0.25) is 0 Å². The van der Waals surface area contributed by atoms with E-state index >= 15 is 0 Å². The van der Waals surface area contributed by atoms with Gasteiger partial charge in [-0.25, -0.2) is 0 Å². The molecule has 1 radical (unpaired) electrons. The zero-order valence-electron chi connectivity index (χ0n) is 2.69. The summed E-state index contributed by atoms with van der Waals surface area (Å²) in [6.07, 6.45) is 0. The molecule has 0 rings (SSSR count). The summed E-state index contributed by atoms with van der Waals surface area (Å²) in [7, 11) is 0. The third-order valence-corrected chi connectivity index (χ3v) is 0. The third-order valence-electron chi connectivity index (χ3n) is 0. The van der Waals surface area contributed by atoms with Crippen molar-refractivity contribution in [2.75, 3.05) is 0 Å². The van der Waals surface area contributed by atoms with Crippen molar-refractivity contribution in [1.29, 1.82) is 0 Å². The van der Waals surface area contributed by atoms with Crippen molar-refractivity contribution in [3.63, 3.8) is 0 Å². The summed E-state index contributed by atoms with van der Waals surface area (Å²) >= 11 is 0. The van der Waals surface area contributed by atoms with Crippen LogP contribution in [0, 0.1) is 0 Å². The average molecular weight is 161 g/mol. The van der Waals surface area contributed by atoms with Gasteiger partial charge in [0.1, 0.15) is 0 Å². The standard InChI is InChI=1S/C2H4O2.Ru.H/c1-2(3)4;;/h1H3,(H,3,4);;/q;+1;/p-1. The molecule has 0 bridgehead atoms. The zero-order chi connectivity index (χ0) is 3.58. The molecule has 0 N–H and O–H groups in total. The monoisotopic (exact) mass is 162 g/mol.